The van der Waals surface area contributed by atoms with Crippen LogP contribution in [0.1, 0.15) is 31.1 Å². The Labute approximate surface area is 114 Å². The van der Waals surface area contributed by atoms with Crippen LogP contribution in [0.3, 0.4) is 0 Å². The quantitative estimate of drug-likeness (QED) is 0.792. The molecule has 1 aliphatic heterocycles. The minimum absolute atomic E-state index is 0.0736. The Morgan fingerprint density at radius 2 is 2.05 bits per heavy atom. The molecule has 0 aromatic heterocycles. The smallest absolute Gasteiger partial charge is 0.159 e. The number of carbonyl (C=O) groups excluding carboxylic acids is 1. The van der Waals surface area contributed by atoms with E-state index in [4.69, 9.17) is 0 Å². The molecule has 4 heteroatoms. The van der Waals surface area contributed by atoms with E-state index in [1.165, 1.54) is 0 Å². The molecule has 0 bridgehead atoms. The molecule has 19 heavy (non-hydrogen) atoms. The van der Waals surface area contributed by atoms with E-state index < -0.39 is 5.60 Å². The van der Waals surface area contributed by atoms with Crippen LogP contribution in [0.15, 0.2) is 24.3 Å². The third kappa shape index (κ3) is 3.55. The molecule has 2 rings (SSSR count). The van der Waals surface area contributed by atoms with Gasteiger partial charge in [0.1, 0.15) is 0 Å². The topological polar surface area (TPSA) is 52.6 Å². The fourth-order valence-corrected chi connectivity index (χ4v) is 2.42. The van der Waals surface area contributed by atoms with E-state index in [9.17, 15) is 9.90 Å². The summed E-state index contributed by atoms with van der Waals surface area (Å²) in [6, 6.07) is 7.90. The number of Topliss-reactive ketones (excluding diaryl/α,β-unsaturated/α-hetero) is 1. The van der Waals surface area contributed by atoms with E-state index in [2.05, 4.69) is 17.1 Å². The molecule has 1 aromatic carbocycles. The summed E-state index contributed by atoms with van der Waals surface area (Å²) >= 11 is 0. The maximum atomic E-state index is 11.3. The number of anilines is 1. The van der Waals surface area contributed by atoms with E-state index in [-0.39, 0.29) is 5.78 Å². The Morgan fingerprint density at radius 1 is 1.42 bits per heavy atom. The highest BCUT2D eigenvalue weighted by Gasteiger charge is 2.29. The van der Waals surface area contributed by atoms with Crippen molar-refractivity contribution < 1.29 is 9.90 Å². The number of ketones is 1. The highest BCUT2D eigenvalue weighted by Crippen LogP contribution is 2.20. The van der Waals surface area contributed by atoms with Crippen LogP contribution in [0.4, 0.5) is 5.69 Å². The first-order chi connectivity index (χ1) is 8.87. The standard InChI is InChI=1S/C15H22N2O2/c1-11-8-17(10-15(3,19)9-16-11)14-6-4-13(5-7-14)12(2)18/h4-7,11,16,19H,8-10H2,1-3H3. The first kappa shape index (κ1) is 14.0. The van der Waals surface area contributed by atoms with Gasteiger partial charge in [-0.3, -0.25) is 4.79 Å². The molecule has 104 valence electrons. The van der Waals surface area contributed by atoms with Gasteiger partial charge in [0.15, 0.2) is 5.78 Å². The minimum Gasteiger partial charge on any atom is -0.387 e. The average molecular weight is 262 g/mol. The van der Waals surface area contributed by atoms with Gasteiger partial charge in [-0.1, -0.05) is 0 Å². The molecule has 1 aliphatic rings. The van der Waals surface area contributed by atoms with Gasteiger partial charge in [0.2, 0.25) is 0 Å². The fourth-order valence-electron chi connectivity index (χ4n) is 2.42. The van der Waals surface area contributed by atoms with E-state index in [1.807, 2.05) is 31.2 Å². The van der Waals surface area contributed by atoms with Gasteiger partial charge in [-0.15, -0.1) is 0 Å². The number of hydrogen-bond donors (Lipinski definition) is 2. The third-order valence-electron chi connectivity index (χ3n) is 3.50. The fraction of sp³-hybridized carbons (Fsp3) is 0.533. The van der Waals surface area contributed by atoms with Gasteiger partial charge in [-0.25, -0.2) is 0 Å². The molecular weight excluding hydrogens is 240 g/mol. The van der Waals surface area contributed by atoms with Gasteiger partial charge in [-0.05, 0) is 45.0 Å². The van der Waals surface area contributed by atoms with E-state index >= 15 is 0 Å². The summed E-state index contributed by atoms with van der Waals surface area (Å²) in [6.07, 6.45) is 0. The van der Waals surface area contributed by atoms with Crippen molar-refractivity contribution in [2.45, 2.75) is 32.4 Å². The lowest BCUT2D eigenvalue weighted by Crippen LogP contribution is -2.43. The number of rotatable bonds is 2. The summed E-state index contributed by atoms with van der Waals surface area (Å²) in [6.45, 7) is 7.54. The Kier molecular flexibility index (Phi) is 3.92. The first-order valence-electron chi connectivity index (χ1n) is 6.69. The Balaban J connectivity index is 2.21. The number of hydrogen-bond acceptors (Lipinski definition) is 4. The van der Waals surface area contributed by atoms with Gasteiger partial charge in [0, 0.05) is 36.9 Å². The highest BCUT2D eigenvalue weighted by atomic mass is 16.3. The number of benzene rings is 1. The largest absolute Gasteiger partial charge is 0.387 e. The van der Waals surface area contributed by atoms with Crippen molar-refractivity contribution in [3.05, 3.63) is 29.8 Å². The zero-order valence-corrected chi connectivity index (χ0v) is 11.8. The molecule has 4 nitrogen and oxygen atoms in total. The van der Waals surface area contributed by atoms with Gasteiger partial charge < -0.3 is 15.3 Å². The molecule has 1 heterocycles. The predicted octanol–water partition coefficient (Wildman–Crippen LogP) is 1.44. The average Bonchev–Trinajstić information content (AvgIpc) is 2.48. The Bertz CT molecular complexity index is 454. The van der Waals surface area contributed by atoms with Crippen molar-refractivity contribution in [1.82, 2.24) is 5.32 Å². The highest BCUT2D eigenvalue weighted by molar-refractivity contribution is 5.94. The maximum absolute atomic E-state index is 11.3. The van der Waals surface area contributed by atoms with Crippen molar-refractivity contribution in [3.8, 4) is 0 Å². The molecule has 1 saturated heterocycles. The molecule has 2 atom stereocenters. The monoisotopic (exact) mass is 262 g/mol. The number of carbonyl (C=O) groups is 1. The number of nitrogens with zero attached hydrogens (tertiary/aromatic N) is 1. The van der Waals surface area contributed by atoms with Crippen LogP contribution < -0.4 is 10.2 Å². The summed E-state index contributed by atoms with van der Waals surface area (Å²) in [5, 5.41) is 13.6. The van der Waals surface area contributed by atoms with Crippen LogP contribution in [0, 0.1) is 0 Å². The van der Waals surface area contributed by atoms with Crippen molar-refractivity contribution in [2.75, 3.05) is 24.5 Å². The third-order valence-corrected chi connectivity index (χ3v) is 3.50. The Morgan fingerprint density at radius 3 is 2.63 bits per heavy atom. The van der Waals surface area contributed by atoms with Crippen LogP contribution in [-0.2, 0) is 0 Å². The van der Waals surface area contributed by atoms with Gasteiger partial charge in [-0.2, -0.15) is 0 Å². The maximum Gasteiger partial charge on any atom is 0.159 e. The summed E-state index contributed by atoms with van der Waals surface area (Å²) in [5.41, 5.74) is 1.02. The van der Waals surface area contributed by atoms with Crippen LogP contribution >= 0.6 is 0 Å². The molecule has 0 amide bonds. The molecule has 0 radical (unpaired) electrons. The molecule has 0 saturated carbocycles. The van der Waals surface area contributed by atoms with E-state index in [1.54, 1.807) is 6.92 Å². The van der Waals surface area contributed by atoms with Gasteiger partial charge in [0.05, 0.1) is 5.60 Å². The second kappa shape index (κ2) is 5.31. The lowest BCUT2D eigenvalue weighted by atomic mass is 10.1. The minimum atomic E-state index is -0.746. The lowest BCUT2D eigenvalue weighted by molar-refractivity contribution is 0.0718. The van der Waals surface area contributed by atoms with Crippen molar-refractivity contribution in [3.63, 3.8) is 0 Å². The van der Waals surface area contributed by atoms with Crippen LogP contribution in [0.5, 0.6) is 0 Å². The van der Waals surface area contributed by atoms with Crippen molar-refractivity contribution in [2.24, 2.45) is 0 Å². The molecule has 2 unspecified atom stereocenters. The second-order valence-electron chi connectivity index (χ2n) is 5.76. The summed E-state index contributed by atoms with van der Waals surface area (Å²) in [4.78, 5) is 13.4. The normalized spacial score (nSPS) is 28.0. The summed E-state index contributed by atoms with van der Waals surface area (Å²) in [5.74, 6) is 0.0736. The second-order valence-corrected chi connectivity index (χ2v) is 5.76. The van der Waals surface area contributed by atoms with Crippen LogP contribution in [-0.4, -0.2) is 42.2 Å². The Hall–Kier alpha value is -1.39. The van der Waals surface area contributed by atoms with Gasteiger partial charge >= 0.3 is 0 Å². The molecule has 1 aromatic rings. The predicted molar refractivity (Wildman–Crippen MR) is 76.7 cm³/mol. The van der Waals surface area contributed by atoms with E-state index in [0.29, 0.717) is 19.1 Å². The van der Waals surface area contributed by atoms with E-state index in [0.717, 1.165) is 17.8 Å². The zero-order valence-electron chi connectivity index (χ0n) is 11.8. The molecule has 0 aliphatic carbocycles. The van der Waals surface area contributed by atoms with Crippen molar-refractivity contribution >= 4 is 11.5 Å². The van der Waals surface area contributed by atoms with Crippen LogP contribution in [0.2, 0.25) is 0 Å². The number of β-amino-alcohol motifs (C(OH)–C–C–N with tert-alkyl or cyclic N) is 1. The number of aliphatic hydroxyl groups is 1. The van der Waals surface area contributed by atoms with Gasteiger partial charge in [0.25, 0.3) is 0 Å². The summed E-state index contributed by atoms with van der Waals surface area (Å²) < 4.78 is 0. The molecular formula is C15H22N2O2. The number of nitrogens with one attached hydrogen (secondary N) is 1. The molecule has 1 fully saturated rings. The summed E-state index contributed by atoms with van der Waals surface area (Å²) in [7, 11) is 0. The zero-order chi connectivity index (χ0) is 14.0. The SMILES string of the molecule is CC(=O)c1ccc(N2CC(C)NCC(C)(O)C2)cc1. The molecule has 2 N–H and O–H groups in total. The first-order valence-corrected chi connectivity index (χ1v) is 6.69. The lowest BCUT2D eigenvalue weighted by Gasteiger charge is -2.30. The molecule has 0 spiro atoms. The van der Waals surface area contributed by atoms with Crippen LogP contribution in [0.25, 0.3) is 0 Å². The van der Waals surface area contributed by atoms with Crippen molar-refractivity contribution in [1.29, 1.82) is 0 Å².